The third-order valence-corrected chi connectivity index (χ3v) is 6.36. The molecule has 2 aliphatic heterocycles. The fourth-order valence-electron chi connectivity index (χ4n) is 4.38. The fraction of sp³-hybridized carbons (Fsp3) is 0.440. The van der Waals surface area contributed by atoms with Gasteiger partial charge in [-0.2, -0.15) is 5.10 Å². The number of carbonyl (C=O) groups is 1. The van der Waals surface area contributed by atoms with Gasteiger partial charge in [0, 0.05) is 12.0 Å². The van der Waals surface area contributed by atoms with Crippen molar-refractivity contribution in [2.24, 2.45) is 5.10 Å². The summed E-state index contributed by atoms with van der Waals surface area (Å²) in [6, 6.07) is 11.9. The maximum Gasteiger partial charge on any atom is 0.257 e. The zero-order chi connectivity index (χ0) is 22.0. The Morgan fingerprint density at radius 1 is 1.03 bits per heavy atom. The Morgan fingerprint density at radius 3 is 2.48 bits per heavy atom. The lowest BCUT2D eigenvalue weighted by Crippen LogP contribution is -2.37. The van der Waals surface area contributed by atoms with E-state index in [4.69, 9.17) is 14.6 Å². The number of hydrazone groups is 1. The summed E-state index contributed by atoms with van der Waals surface area (Å²) in [5.74, 6) is 1.50. The molecule has 0 saturated carbocycles. The van der Waals surface area contributed by atoms with E-state index in [0.717, 1.165) is 54.3 Å². The van der Waals surface area contributed by atoms with Crippen molar-refractivity contribution in [2.45, 2.75) is 39.2 Å². The van der Waals surface area contributed by atoms with E-state index in [0.29, 0.717) is 13.0 Å². The molecule has 1 amide bonds. The summed E-state index contributed by atoms with van der Waals surface area (Å²) in [5, 5.41) is 6.50. The quantitative estimate of drug-likeness (QED) is 0.705. The van der Waals surface area contributed by atoms with Gasteiger partial charge in [0.2, 0.25) is 0 Å². The molecule has 0 aliphatic carbocycles. The second-order valence-corrected chi connectivity index (χ2v) is 8.40. The number of rotatable bonds is 6. The van der Waals surface area contributed by atoms with Crippen LogP contribution in [-0.4, -0.2) is 55.4 Å². The number of likely N-dealkylation sites (tertiary alicyclic amines) is 1. The van der Waals surface area contributed by atoms with E-state index in [1.807, 2.05) is 18.2 Å². The lowest BCUT2D eigenvalue weighted by atomic mass is 9.95. The fourth-order valence-corrected chi connectivity index (χ4v) is 4.38. The zero-order valence-electron chi connectivity index (χ0n) is 18.9. The van der Waals surface area contributed by atoms with Gasteiger partial charge >= 0.3 is 0 Å². The van der Waals surface area contributed by atoms with Crippen molar-refractivity contribution in [3.63, 3.8) is 0 Å². The summed E-state index contributed by atoms with van der Waals surface area (Å²) in [7, 11) is 3.30. The molecule has 6 nitrogen and oxygen atoms in total. The van der Waals surface area contributed by atoms with Gasteiger partial charge in [0.1, 0.15) is 11.5 Å². The summed E-state index contributed by atoms with van der Waals surface area (Å²) in [4.78, 5) is 15.6. The summed E-state index contributed by atoms with van der Waals surface area (Å²) in [6.07, 6.45) is 2.94. The molecule has 2 heterocycles. The first-order chi connectivity index (χ1) is 15.0. The molecule has 164 valence electrons. The molecule has 0 spiro atoms. The van der Waals surface area contributed by atoms with E-state index in [1.54, 1.807) is 19.2 Å². The van der Waals surface area contributed by atoms with Crippen LogP contribution in [0.3, 0.4) is 0 Å². The van der Waals surface area contributed by atoms with Crippen LogP contribution < -0.4 is 9.47 Å². The number of ether oxygens (including phenoxy) is 2. The minimum absolute atomic E-state index is 0.0237. The molecular formula is C25H31N3O3. The number of aryl methyl sites for hydroxylation is 2. The van der Waals surface area contributed by atoms with Gasteiger partial charge in [0.25, 0.3) is 5.91 Å². The highest BCUT2D eigenvalue weighted by atomic mass is 16.5. The van der Waals surface area contributed by atoms with Crippen molar-refractivity contribution in [1.29, 1.82) is 0 Å². The molecule has 0 aromatic heterocycles. The molecule has 0 bridgehead atoms. The largest absolute Gasteiger partial charge is 0.497 e. The number of hydrogen-bond donors (Lipinski definition) is 0. The Morgan fingerprint density at radius 2 is 1.81 bits per heavy atom. The van der Waals surface area contributed by atoms with Crippen molar-refractivity contribution in [3.8, 4) is 11.5 Å². The van der Waals surface area contributed by atoms with Crippen LogP contribution in [0.1, 0.15) is 47.6 Å². The van der Waals surface area contributed by atoms with E-state index in [9.17, 15) is 4.79 Å². The molecule has 1 unspecified atom stereocenters. The molecule has 4 rings (SSSR count). The van der Waals surface area contributed by atoms with E-state index < -0.39 is 0 Å². The number of carbonyl (C=O) groups excluding carboxylic acids is 1. The number of amides is 1. The van der Waals surface area contributed by atoms with Gasteiger partial charge in [0.05, 0.1) is 32.5 Å². The van der Waals surface area contributed by atoms with Gasteiger partial charge in [-0.15, -0.1) is 0 Å². The van der Waals surface area contributed by atoms with Gasteiger partial charge in [-0.05, 0) is 80.7 Å². The summed E-state index contributed by atoms with van der Waals surface area (Å²) in [5.41, 5.74) is 5.37. The van der Waals surface area contributed by atoms with Crippen LogP contribution in [0.5, 0.6) is 11.5 Å². The SMILES string of the molecule is COc1ccc(OC)c(C2CC(c3ccc(C)c(C)c3)=NN2C(=O)CN2CCCC2)c1. The van der Waals surface area contributed by atoms with Crippen LogP contribution in [0.2, 0.25) is 0 Å². The van der Waals surface area contributed by atoms with Crippen molar-refractivity contribution in [3.05, 3.63) is 58.7 Å². The predicted molar refractivity (Wildman–Crippen MR) is 122 cm³/mol. The Hall–Kier alpha value is -2.86. The van der Waals surface area contributed by atoms with E-state index in [2.05, 4.69) is 36.9 Å². The first-order valence-corrected chi connectivity index (χ1v) is 10.9. The highest BCUT2D eigenvalue weighted by molar-refractivity contribution is 6.03. The molecule has 1 saturated heterocycles. The smallest absolute Gasteiger partial charge is 0.257 e. The topological polar surface area (TPSA) is 54.4 Å². The maximum absolute atomic E-state index is 13.3. The minimum atomic E-state index is -0.225. The van der Waals surface area contributed by atoms with Crippen LogP contribution in [0.15, 0.2) is 41.5 Å². The normalized spacial score (nSPS) is 18.9. The summed E-state index contributed by atoms with van der Waals surface area (Å²) >= 11 is 0. The molecule has 31 heavy (non-hydrogen) atoms. The molecule has 2 aromatic carbocycles. The molecule has 2 aromatic rings. The molecule has 0 N–H and O–H groups in total. The Labute approximate surface area is 184 Å². The molecule has 2 aliphatic rings. The molecule has 0 radical (unpaired) electrons. The predicted octanol–water partition coefficient (Wildman–Crippen LogP) is 4.09. The van der Waals surface area contributed by atoms with Gasteiger partial charge in [-0.1, -0.05) is 12.1 Å². The van der Waals surface area contributed by atoms with Gasteiger partial charge in [-0.3, -0.25) is 9.69 Å². The Balaban J connectivity index is 1.70. The highest BCUT2D eigenvalue weighted by Gasteiger charge is 2.36. The van der Waals surface area contributed by atoms with Crippen LogP contribution in [0.25, 0.3) is 0 Å². The first kappa shape index (κ1) is 21.4. The van der Waals surface area contributed by atoms with Crippen LogP contribution in [0.4, 0.5) is 0 Å². The average molecular weight is 422 g/mol. The second kappa shape index (κ2) is 9.10. The van der Waals surface area contributed by atoms with Gasteiger partial charge in [-0.25, -0.2) is 5.01 Å². The lowest BCUT2D eigenvalue weighted by Gasteiger charge is -2.26. The number of benzene rings is 2. The molecular weight excluding hydrogens is 390 g/mol. The van der Waals surface area contributed by atoms with E-state index >= 15 is 0 Å². The van der Waals surface area contributed by atoms with Crippen molar-refractivity contribution >= 4 is 11.6 Å². The average Bonchev–Trinajstić information content (AvgIpc) is 3.45. The summed E-state index contributed by atoms with van der Waals surface area (Å²) < 4.78 is 11.1. The number of hydrogen-bond acceptors (Lipinski definition) is 5. The van der Waals surface area contributed by atoms with Gasteiger partial charge < -0.3 is 9.47 Å². The highest BCUT2D eigenvalue weighted by Crippen LogP contribution is 2.39. The Bertz CT molecular complexity index is 996. The first-order valence-electron chi connectivity index (χ1n) is 10.9. The lowest BCUT2D eigenvalue weighted by molar-refractivity contribution is -0.134. The zero-order valence-corrected chi connectivity index (χ0v) is 18.9. The van der Waals surface area contributed by atoms with Crippen molar-refractivity contribution in [2.75, 3.05) is 33.9 Å². The van der Waals surface area contributed by atoms with E-state index in [1.165, 1.54) is 11.1 Å². The molecule has 6 heteroatoms. The minimum Gasteiger partial charge on any atom is -0.497 e. The molecule has 1 fully saturated rings. The number of nitrogens with zero attached hydrogens (tertiary/aromatic N) is 3. The number of methoxy groups -OCH3 is 2. The van der Waals surface area contributed by atoms with Crippen molar-refractivity contribution < 1.29 is 14.3 Å². The molecule has 1 atom stereocenters. The third kappa shape index (κ3) is 4.44. The van der Waals surface area contributed by atoms with Crippen LogP contribution in [0, 0.1) is 13.8 Å². The van der Waals surface area contributed by atoms with E-state index in [-0.39, 0.29) is 11.9 Å². The van der Waals surface area contributed by atoms with Gasteiger partial charge in [0.15, 0.2) is 0 Å². The van der Waals surface area contributed by atoms with Crippen molar-refractivity contribution in [1.82, 2.24) is 9.91 Å². The third-order valence-electron chi connectivity index (χ3n) is 6.36. The Kier molecular flexibility index (Phi) is 6.28. The standard InChI is InChI=1S/C25H31N3O3/c1-17-7-8-19(13-18(17)2)22-15-23(21-14-20(30-3)9-10-24(21)31-4)28(26-22)25(29)16-27-11-5-6-12-27/h7-10,13-14,23H,5-6,11-12,15-16H2,1-4H3. The second-order valence-electron chi connectivity index (χ2n) is 8.40. The van der Waals surface area contributed by atoms with Crippen LogP contribution >= 0.6 is 0 Å². The summed E-state index contributed by atoms with van der Waals surface area (Å²) in [6.45, 7) is 6.55. The maximum atomic E-state index is 13.3. The van der Waals surface area contributed by atoms with Crippen LogP contribution in [-0.2, 0) is 4.79 Å². The monoisotopic (exact) mass is 421 g/mol.